The van der Waals surface area contributed by atoms with Crippen molar-refractivity contribution in [1.82, 2.24) is 9.97 Å². The van der Waals surface area contributed by atoms with Gasteiger partial charge < -0.3 is 0 Å². The van der Waals surface area contributed by atoms with Crippen LogP contribution in [0.4, 0.5) is 5.95 Å². The molecule has 0 radical (unpaired) electrons. The van der Waals surface area contributed by atoms with Crippen LogP contribution in [0.3, 0.4) is 0 Å². The van der Waals surface area contributed by atoms with Gasteiger partial charge in [0.15, 0.2) is 0 Å². The van der Waals surface area contributed by atoms with Gasteiger partial charge in [-0.25, -0.2) is 15.4 Å². The first kappa shape index (κ1) is 17.8. The van der Waals surface area contributed by atoms with Crippen molar-refractivity contribution in [3.63, 3.8) is 0 Å². The zero-order valence-corrected chi connectivity index (χ0v) is 17.3. The molecule has 0 bridgehead atoms. The lowest BCUT2D eigenvalue weighted by molar-refractivity contribution is 1.16. The average molecular weight is 482 g/mol. The van der Waals surface area contributed by atoms with Gasteiger partial charge in [-0.15, -0.1) is 0 Å². The van der Waals surface area contributed by atoms with Crippen LogP contribution in [0.2, 0.25) is 0 Å². The summed E-state index contributed by atoms with van der Waals surface area (Å²) in [6.45, 7) is 0. The molecule has 0 atom stereocenters. The van der Waals surface area contributed by atoms with Gasteiger partial charge in [-0.1, -0.05) is 74.3 Å². The molecule has 0 amide bonds. The van der Waals surface area contributed by atoms with E-state index in [2.05, 4.69) is 47.4 Å². The van der Waals surface area contributed by atoms with E-state index in [1.165, 1.54) is 0 Å². The smallest absolute Gasteiger partial charge is 0.244 e. The van der Waals surface area contributed by atoms with Gasteiger partial charge in [0.1, 0.15) is 0 Å². The highest BCUT2D eigenvalue weighted by atomic mass is 79.9. The van der Waals surface area contributed by atoms with Crippen LogP contribution in [0.5, 0.6) is 0 Å². The first-order valence-electron chi connectivity index (χ1n) is 8.26. The van der Waals surface area contributed by atoms with E-state index in [9.17, 15) is 0 Å². The van der Waals surface area contributed by atoms with E-state index in [0.29, 0.717) is 5.95 Å². The molecule has 0 unspecified atom stereocenters. The number of nitrogens with zero attached hydrogens (tertiary/aromatic N) is 3. The Morgan fingerprint density at radius 2 is 1.56 bits per heavy atom. The van der Waals surface area contributed by atoms with Crippen molar-refractivity contribution in [2.75, 3.05) is 5.43 Å². The molecular weight excluding hydrogens is 468 g/mol. The normalized spacial score (nSPS) is 11.2. The molecule has 27 heavy (non-hydrogen) atoms. The quantitative estimate of drug-likeness (QED) is 0.276. The summed E-state index contributed by atoms with van der Waals surface area (Å²) in [4.78, 5) is 9.28. The Bertz CT molecular complexity index is 1110. The fraction of sp³-hybridized carbons (Fsp3) is 0. The molecule has 0 aliphatic carbocycles. The number of nitrogens with one attached hydrogen (secondary N) is 1. The Kier molecular flexibility index (Phi) is 5.27. The van der Waals surface area contributed by atoms with E-state index in [1.807, 2.05) is 72.8 Å². The minimum Gasteiger partial charge on any atom is -0.245 e. The SMILES string of the molecule is Brc1ccc(/C=N/Nc2nc(-c3ccccc3)c3cc(Br)ccc3n2)cc1. The minimum absolute atomic E-state index is 0.456. The summed E-state index contributed by atoms with van der Waals surface area (Å²) in [6, 6.07) is 23.9. The first-order chi connectivity index (χ1) is 13.2. The van der Waals surface area contributed by atoms with Gasteiger partial charge in [-0.3, -0.25) is 0 Å². The maximum absolute atomic E-state index is 4.69. The molecule has 1 aromatic heterocycles. The van der Waals surface area contributed by atoms with Gasteiger partial charge in [0, 0.05) is 19.9 Å². The fourth-order valence-electron chi connectivity index (χ4n) is 2.68. The number of fused-ring (bicyclic) bond motifs is 1. The molecule has 0 saturated heterocycles. The lowest BCUT2D eigenvalue weighted by Crippen LogP contribution is -1.99. The minimum atomic E-state index is 0.456. The van der Waals surface area contributed by atoms with Crippen molar-refractivity contribution >= 4 is 54.9 Å². The van der Waals surface area contributed by atoms with Crippen LogP contribution in [-0.4, -0.2) is 16.2 Å². The molecule has 4 aromatic rings. The highest BCUT2D eigenvalue weighted by Crippen LogP contribution is 2.29. The van der Waals surface area contributed by atoms with Gasteiger partial charge in [0.2, 0.25) is 5.95 Å². The second-order valence-corrected chi connectivity index (χ2v) is 7.68. The van der Waals surface area contributed by atoms with E-state index >= 15 is 0 Å². The number of benzene rings is 3. The summed E-state index contributed by atoms with van der Waals surface area (Å²) in [7, 11) is 0. The standard InChI is InChI=1S/C21H14Br2N4/c22-16-8-6-14(7-9-16)13-24-27-21-25-19-11-10-17(23)12-18(19)20(26-21)15-4-2-1-3-5-15/h1-13H,(H,25,26,27)/b24-13+. The van der Waals surface area contributed by atoms with Crippen LogP contribution in [0.1, 0.15) is 5.56 Å². The Balaban J connectivity index is 1.71. The van der Waals surface area contributed by atoms with Crippen LogP contribution in [0.15, 0.2) is 86.8 Å². The molecule has 0 spiro atoms. The number of anilines is 1. The lowest BCUT2D eigenvalue weighted by atomic mass is 10.1. The molecule has 6 heteroatoms. The van der Waals surface area contributed by atoms with E-state index in [-0.39, 0.29) is 0 Å². The number of aromatic nitrogens is 2. The predicted molar refractivity (Wildman–Crippen MR) is 118 cm³/mol. The average Bonchev–Trinajstić information content (AvgIpc) is 2.70. The van der Waals surface area contributed by atoms with Gasteiger partial charge >= 0.3 is 0 Å². The van der Waals surface area contributed by atoms with Gasteiger partial charge in [-0.05, 0) is 35.9 Å². The number of hydrazone groups is 1. The van der Waals surface area contributed by atoms with Crippen molar-refractivity contribution in [3.05, 3.63) is 87.3 Å². The second-order valence-electron chi connectivity index (χ2n) is 5.84. The molecule has 0 fully saturated rings. The van der Waals surface area contributed by atoms with Crippen molar-refractivity contribution in [3.8, 4) is 11.3 Å². The van der Waals surface area contributed by atoms with Crippen LogP contribution < -0.4 is 5.43 Å². The Morgan fingerprint density at radius 1 is 0.815 bits per heavy atom. The third kappa shape index (κ3) is 4.23. The van der Waals surface area contributed by atoms with Crippen molar-refractivity contribution < 1.29 is 0 Å². The summed E-state index contributed by atoms with van der Waals surface area (Å²) in [5.74, 6) is 0.456. The number of hydrogen-bond donors (Lipinski definition) is 1. The number of hydrogen-bond acceptors (Lipinski definition) is 4. The molecular formula is C21H14Br2N4. The summed E-state index contributed by atoms with van der Waals surface area (Å²) in [5.41, 5.74) is 6.68. The van der Waals surface area contributed by atoms with Gasteiger partial charge in [-0.2, -0.15) is 5.10 Å². The highest BCUT2D eigenvalue weighted by Gasteiger charge is 2.10. The summed E-state index contributed by atoms with van der Waals surface area (Å²) < 4.78 is 2.02. The molecule has 0 saturated carbocycles. The second kappa shape index (κ2) is 7.98. The lowest BCUT2D eigenvalue weighted by Gasteiger charge is -2.09. The van der Waals surface area contributed by atoms with E-state index in [1.54, 1.807) is 6.21 Å². The monoisotopic (exact) mass is 480 g/mol. The molecule has 3 aromatic carbocycles. The fourth-order valence-corrected chi connectivity index (χ4v) is 3.31. The zero-order chi connectivity index (χ0) is 18.6. The van der Waals surface area contributed by atoms with Crippen molar-refractivity contribution in [1.29, 1.82) is 0 Å². The van der Waals surface area contributed by atoms with Crippen molar-refractivity contribution in [2.45, 2.75) is 0 Å². The highest BCUT2D eigenvalue weighted by molar-refractivity contribution is 9.10. The maximum Gasteiger partial charge on any atom is 0.244 e. The molecule has 4 rings (SSSR count). The van der Waals surface area contributed by atoms with Crippen LogP contribution in [0.25, 0.3) is 22.2 Å². The molecule has 0 aliphatic heterocycles. The van der Waals surface area contributed by atoms with Gasteiger partial charge in [0.25, 0.3) is 0 Å². The summed E-state index contributed by atoms with van der Waals surface area (Å²) in [6.07, 6.45) is 1.74. The molecule has 1 N–H and O–H groups in total. The number of rotatable bonds is 4. The summed E-state index contributed by atoms with van der Waals surface area (Å²) in [5, 5.41) is 5.26. The topological polar surface area (TPSA) is 50.2 Å². The Morgan fingerprint density at radius 3 is 2.33 bits per heavy atom. The molecule has 1 heterocycles. The van der Waals surface area contributed by atoms with E-state index < -0.39 is 0 Å². The van der Waals surface area contributed by atoms with Crippen LogP contribution in [0, 0.1) is 0 Å². The third-order valence-electron chi connectivity index (χ3n) is 3.95. The largest absolute Gasteiger partial charge is 0.245 e. The maximum atomic E-state index is 4.69. The zero-order valence-electron chi connectivity index (χ0n) is 14.1. The van der Waals surface area contributed by atoms with Crippen LogP contribution in [-0.2, 0) is 0 Å². The summed E-state index contributed by atoms with van der Waals surface area (Å²) >= 11 is 6.96. The molecule has 0 aliphatic rings. The third-order valence-corrected chi connectivity index (χ3v) is 4.98. The molecule has 132 valence electrons. The van der Waals surface area contributed by atoms with E-state index in [0.717, 1.165) is 36.7 Å². The first-order valence-corrected chi connectivity index (χ1v) is 9.85. The van der Waals surface area contributed by atoms with E-state index in [4.69, 9.17) is 4.98 Å². The molecule has 4 nitrogen and oxygen atoms in total. The Hall–Kier alpha value is -2.57. The number of halogens is 2. The van der Waals surface area contributed by atoms with Gasteiger partial charge in [0.05, 0.1) is 17.4 Å². The van der Waals surface area contributed by atoms with Crippen molar-refractivity contribution in [2.24, 2.45) is 5.10 Å². The predicted octanol–water partition coefficient (Wildman–Crippen LogP) is 6.27. The Labute approximate surface area is 173 Å². The van der Waals surface area contributed by atoms with Crippen LogP contribution >= 0.6 is 31.9 Å².